The molecule has 0 aliphatic rings. The second-order valence-electron chi connectivity index (χ2n) is 3.48. The number of carbonyl (C=O) groups excluding carboxylic acids is 1. The summed E-state index contributed by atoms with van der Waals surface area (Å²) < 4.78 is 0. The molecule has 0 aromatic heterocycles. The van der Waals surface area contributed by atoms with Gasteiger partial charge in [0.05, 0.1) is 5.25 Å². The third-order valence-electron chi connectivity index (χ3n) is 2.42. The van der Waals surface area contributed by atoms with Crippen LogP contribution in [0.4, 0.5) is 0 Å². The van der Waals surface area contributed by atoms with Crippen LogP contribution in [0.5, 0.6) is 5.75 Å². The number of rotatable bonds is 3. The molecular formula is C11H15NO2S. The highest BCUT2D eigenvalue weighted by Gasteiger charge is 2.17. The third-order valence-corrected chi connectivity index (χ3v) is 2.65. The first-order valence-electron chi connectivity index (χ1n) is 4.72. The lowest BCUT2D eigenvalue weighted by atomic mass is 9.97. The van der Waals surface area contributed by atoms with Crippen molar-refractivity contribution in [3.05, 3.63) is 28.8 Å². The number of hydrogen-bond acceptors (Lipinski definition) is 4. The Morgan fingerprint density at radius 2 is 2.20 bits per heavy atom. The van der Waals surface area contributed by atoms with E-state index in [-0.39, 0.29) is 23.3 Å². The number of ketones is 1. The summed E-state index contributed by atoms with van der Waals surface area (Å²) in [7, 11) is 0. The fourth-order valence-corrected chi connectivity index (χ4v) is 1.60. The van der Waals surface area contributed by atoms with Crippen molar-refractivity contribution in [1.29, 1.82) is 0 Å². The Hall–Kier alpha value is -1.00. The van der Waals surface area contributed by atoms with Gasteiger partial charge in [-0.3, -0.25) is 4.79 Å². The van der Waals surface area contributed by atoms with E-state index < -0.39 is 0 Å². The van der Waals surface area contributed by atoms with Gasteiger partial charge >= 0.3 is 0 Å². The molecule has 1 rings (SSSR count). The smallest absolute Gasteiger partial charge is 0.175 e. The van der Waals surface area contributed by atoms with Gasteiger partial charge < -0.3 is 10.8 Å². The molecule has 82 valence electrons. The van der Waals surface area contributed by atoms with Gasteiger partial charge in [-0.1, -0.05) is 0 Å². The van der Waals surface area contributed by atoms with Gasteiger partial charge in [0.15, 0.2) is 5.78 Å². The number of phenolic OH excluding ortho intramolecular Hbond substituents is 1. The van der Waals surface area contributed by atoms with Gasteiger partial charge in [0, 0.05) is 12.1 Å². The fourth-order valence-electron chi connectivity index (χ4n) is 1.46. The molecule has 0 radical (unpaired) electrons. The highest BCUT2D eigenvalue weighted by molar-refractivity contribution is 7.81. The van der Waals surface area contributed by atoms with Gasteiger partial charge in [-0.2, -0.15) is 12.6 Å². The maximum Gasteiger partial charge on any atom is 0.175 e. The highest BCUT2D eigenvalue weighted by atomic mass is 32.1. The number of benzene rings is 1. The van der Waals surface area contributed by atoms with E-state index in [1.807, 2.05) is 0 Å². The molecule has 3 N–H and O–H groups in total. The molecule has 1 unspecified atom stereocenters. The number of hydrogen-bond donors (Lipinski definition) is 3. The van der Waals surface area contributed by atoms with Gasteiger partial charge in [-0.15, -0.1) is 0 Å². The Balaban J connectivity index is 3.31. The number of Topliss-reactive ketones (excluding diaryl/α,β-unsaturated/α-hetero) is 1. The number of carbonyl (C=O) groups is 1. The van der Waals surface area contributed by atoms with Crippen molar-refractivity contribution in [2.45, 2.75) is 25.6 Å². The van der Waals surface area contributed by atoms with Crippen molar-refractivity contribution >= 4 is 18.4 Å². The zero-order valence-corrected chi connectivity index (χ0v) is 9.71. The maximum absolute atomic E-state index is 11.8. The monoisotopic (exact) mass is 225 g/mol. The van der Waals surface area contributed by atoms with E-state index in [4.69, 9.17) is 5.73 Å². The first kappa shape index (κ1) is 12.1. The standard InChI is InChI=1S/C11H15NO2S/c1-6-9(5-12)8(3-4-10(6)13)11(14)7(2)15/h3-4,7,13,15H,5,12H2,1-2H3. The Morgan fingerprint density at radius 3 is 2.67 bits per heavy atom. The van der Waals surface area contributed by atoms with Crippen LogP contribution in [-0.4, -0.2) is 16.1 Å². The van der Waals surface area contributed by atoms with Crippen molar-refractivity contribution in [2.75, 3.05) is 0 Å². The summed E-state index contributed by atoms with van der Waals surface area (Å²) in [6.07, 6.45) is 0. The van der Waals surface area contributed by atoms with Gasteiger partial charge in [0.25, 0.3) is 0 Å². The molecule has 0 heterocycles. The number of nitrogens with two attached hydrogens (primary N) is 1. The summed E-state index contributed by atoms with van der Waals surface area (Å²) in [5, 5.41) is 9.13. The van der Waals surface area contributed by atoms with E-state index in [2.05, 4.69) is 12.6 Å². The van der Waals surface area contributed by atoms with Gasteiger partial charge in [0.2, 0.25) is 0 Å². The molecule has 4 heteroatoms. The minimum Gasteiger partial charge on any atom is -0.508 e. The molecule has 0 saturated carbocycles. The van der Waals surface area contributed by atoms with Crippen LogP contribution >= 0.6 is 12.6 Å². The van der Waals surface area contributed by atoms with Crippen LogP contribution in [0.2, 0.25) is 0 Å². The van der Waals surface area contributed by atoms with Gasteiger partial charge in [-0.25, -0.2) is 0 Å². The summed E-state index contributed by atoms with van der Waals surface area (Å²) in [5.74, 6) is 0.0979. The molecule has 0 aliphatic heterocycles. The summed E-state index contributed by atoms with van der Waals surface area (Å²) in [6.45, 7) is 3.70. The molecule has 1 atom stereocenters. The maximum atomic E-state index is 11.8. The zero-order valence-electron chi connectivity index (χ0n) is 8.82. The molecule has 0 amide bonds. The van der Waals surface area contributed by atoms with Crippen molar-refractivity contribution in [1.82, 2.24) is 0 Å². The minimum absolute atomic E-state index is 0.0677. The molecule has 1 aromatic rings. The molecule has 3 nitrogen and oxygen atoms in total. The average Bonchev–Trinajstić information content (AvgIpc) is 2.20. The Morgan fingerprint density at radius 1 is 1.60 bits per heavy atom. The second-order valence-corrected chi connectivity index (χ2v) is 4.25. The second kappa shape index (κ2) is 4.68. The molecular weight excluding hydrogens is 210 g/mol. The Kier molecular flexibility index (Phi) is 3.77. The Labute approximate surface area is 94.7 Å². The first-order chi connectivity index (χ1) is 6.99. The highest BCUT2D eigenvalue weighted by Crippen LogP contribution is 2.24. The number of thiol groups is 1. The molecule has 0 bridgehead atoms. The van der Waals surface area contributed by atoms with E-state index in [1.165, 1.54) is 6.07 Å². The topological polar surface area (TPSA) is 63.3 Å². The summed E-state index contributed by atoms with van der Waals surface area (Å²) in [6, 6.07) is 3.11. The number of aromatic hydroxyl groups is 1. The lowest BCUT2D eigenvalue weighted by Crippen LogP contribution is -2.15. The van der Waals surface area contributed by atoms with E-state index >= 15 is 0 Å². The predicted octanol–water partition coefficient (Wildman–Crippen LogP) is 1.66. The molecule has 0 saturated heterocycles. The van der Waals surface area contributed by atoms with Crippen molar-refractivity contribution in [2.24, 2.45) is 5.73 Å². The average molecular weight is 225 g/mol. The molecule has 0 aliphatic carbocycles. The minimum atomic E-state index is -0.362. The lowest BCUT2D eigenvalue weighted by molar-refractivity contribution is 0.0993. The normalized spacial score (nSPS) is 12.5. The molecule has 1 aromatic carbocycles. The fraction of sp³-hybridized carbons (Fsp3) is 0.364. The third kappa shape index (κ3) is 2.33. The quantitative estimate of drug-likeness (QED) is 0.541. The van der Waals surface area contributed by atoms with Crippen LogP contribution in [0.1, 0.15) is 28.4 Å². The van der Waals surface area contributed by atoms with Crippen LogP contribution in [0, 0.1) is 6.92 Å². The van der Waals surface area contributed by atoms with E-state index in [1.54, 1.807) is 19.9 Å². The lowest BCUT2D eigenvalue weighted by Gasteiger charge is -2.12. The van der Waals surface area contributed by atoms with Crippen LogP contribution in [0.3, 0.4) is 0 Å². The molecule has 0 spiro atoms. The molecule has 0 fully saturated rings. The van der Waals surface area contributed by atoms with Crippen LogP contribution in [-0.2, 0) is 6.54 Å². The molecule has 15 heavy (non-hydrogen) atoms. The van der Waals surface area contributed by atoms with Gasteiger partial charge in [-0.05, 0) is 37.1 Å². The summed E-state index contributed by atoms with van der Waals surface area (Å²) >= 11 is 4.10. The van der Waals surface area contributed by atoms with E-state index in [9.17, 15) is 9.90 Å². The van der Waals surface area contributed by atoms with Crippen LogP contribution in [0.15, 0.2) is 12.1 Å². The predicted molar refractivity (Wildman–Crippen MR) is 63.5 cm³/mol. The largest absolute Gasteiger partial charge is 0.508 e. The van der Waals surface area contributed by atoms with Crippen molar-refractivity contribution < 1.29 is 9.90 Å². The first-order valence-corrected chi connectivity index (χ1v) is 5.24. The van der Waals surface area contributed by atoms with Gasteiger partial charge in [0.1, 0.15) is 5.75 Å². The van der Waals surface area contributed by atoms with Crippen molar-refractivity contribution in [3.63, 3.8) is 0 Å². The number of phenols is 1. The summed E-state index contributed by atoms with van der Waals surface area (Å²) in [5.41, 5.74) is 7.48. The summed E-state index contributed by atoms with van der Waals surface area (Å²) in [4.78, 5) is 11.8. The van der Waals surface area contributed by atoms with Crippen LogP contribution < -0.4 is 5.73 Å². The SMILES string of the molecule is Cc1c(O)ccc(C(=O)C(C)S)c1CN. The van der Waals surface area contributed by atoms with E-state index in [0.717, 1.165) is 0 Å². The van der Waals surface area contributed by atoms with E-state index in [0.29, 0.717) is 16.7 Å². The van der Waals surface area contributed by atoms with Crippen LogP contribution in [0.25, 0.3) is 0 Å². The van der Waals surface area contributed by atoms with Crippen molar-refractivity contribution in [3.8, 4) is 5.75 Å². The Bertz CT molecular complexity index is 388. The zero-order chi connectivity index (χ0) is 11.6.